The first-order valence-corrected chi connectivity index (χ1v) is 9.78. The monoisotopic (exact) mass is 448 g/mol. The summed E-state index contributed by atoms with van der Waals surface area (Å²) >= 11 is 1.27. The molecule has 3 heterocycles. The lowest BCUT2D eigenvalue weighted by Crippen LogP contribution is -2.19. The maximum atomic E-state index is 12.8. The van der Waals surface area contributed by atoms with E-state index in [0.29, 0.717) is 29.6 Å². The number of H-pyrrole nitrogens is 1. The Kier molecular flexibility index (Phi) is 5.66. The molecule has 0 saturated carbocycles. The van der Waals surface area contributed by atoms with Gasteiger partial charge in [-0.1, -0.05) is 6.07 Å². The molecule has 0 aliphatic rings. The topological polar surface area (TPSA) is 121 Å². The van der Waals surface area contributed by atoms with Gasteiger partial charge in [0.2, 0.25) is 0 Å². The molecule has 0 aliphatic heterocycles. The van der Waals surface area contributed by atoms with Crippen LogP contribution in [0.4, 0.5) is 34.6 Å². The molecule has 0 unspecified atom stereocenters. The minimum absolute atomic E-state index is 0.0312. The highest BCUT2D eigenvalue weighted by molar-refractivity contribution is 7.15. The third kappa shape index (κ3) is 5.06. The number of hydrogen-bond acceptors (Lipinski definition) is 7. The Morgan fingerprint density at radius 1 is 1.13 bits per heavy atom. The molecule has 3 aromatic heterocycles. The number of fused-ring (bicyclic) bond motifs is 1. The van der Waals surface area contributed by atoms with Crippen LogP contribution in [0.5, 0.6) is 0 Å². The van der Waals surface area contributed by atoms with Gasteiger partial charge in [0.15, 0.2) is 10.8 Å². The van der Waals surface area contributed by atoms with E-state index in [0.717, 1.165) is 22.4 Å². The summed E-state index contributed by atoms with van der Waals surface area (Å²) in [5, 5.41) is 15.9. The number of thiazole rings is 1. The van der Waals surface area contributed by atoms with Crippen LogP contribution in [0.3, 0.4) is 0 Å². The molecule has 9 nitrogen and oxygen atoms in total. The number of rotatable bonds is 6. The highest BCUT2D eigenvalue weighted by Crippen LogP contribution is 2.30. The number of carbonyl (C=O) groups is 1. The van der Waals surface area contributed by atoms with E-state index in [-0.39, 0.29) is 5.69 Å². The fraction of sp³-hybridized carbons (Fsp3) is 0.167. The van der Waals surface area contributed by atoms with Crippen LogP contribution in [-0.2, 0) is 12.6 Å². The number of hydrogen-bond donors (Lipinski definition) is 4. The Morgan fingerprint density at radius 2 is 2.00 bits per heavy atom. The molecule has 4 aromatic rings. The number of anilines is 3. The van der Waals surface area contributed by atoms with Crippen molar-refractivity contribution in [3.63, 3.8) is 0 Å². The molecule has 160 valence electrons. The summed E-state index contributed by atoms with van der Waals surface area (Å²) in [6.45, 7) is 0.565. The smallest absolute Gasteiger partial charge is 0.369 e. The highest BCUT2D eigenvalue weighted by atomic mass is 32.1. The fourth-order valence-electron chi connectivity index (χ4n) is 2.72. The van der Waals surface area contributed by atoms with E-state index in [2.05, 4.69) is 41.1 Å². The number of urea groups is 1. The molecule has 4 N–H and O–H groups in total. The van der Waals surface area contributed by atoms with E-state index in [9.17, 15) is 18.0 Å². The summed E-state index contributed by atoms with van der Waals surface area (Å²) in [6, 6.07) is 3.72. The Bertz CT molecular complexity index is 1210. The molecule has 0 aliphatic carbocycles. The van der Waals surface area contributed by atoms with Crippen molar-refractivity contribution in [2.45, 2.75) is 12.6 Å². The van der Waals surface area contributed by atoms with Crippen LogP contribution in [0.2, 0.25) is 0 Å². The van der Waals surface area contributed by atoms with Gasteiger partial charge >= 0.3 is 12.2 Å². The molecule has 0 bridgehead atoms. The van der Waals surface area contributed by atoms with E-state index in [1.165, 1.54) is 29.8 Å². The summed E-state index contributed by atoms with van der Waals surface area (Å²) in [7, 11) is 0. The predicted molar refractivity (Wildman–Crippen MR) is 110 cm³/mol. The van der Waals surface area contributed by atoms with Gasteiger partial charge in [0.25, 0.3) is 0 Å². The van der Waals surface area contributed by atoms with Gasteiger partial charge in [0, 0.05) is 29.7 Å². The standard InChI is InChI=1S/C18H15F3N8OS/c19-18(20,21)10-2-1-3-11(6-10)27-16(30)28-17-23-7-12(31-17)4-5-22-14-13-8-26-29-15(13)25-9-24-14/h1-3,6-9H,4-5H2,(H2,23,27,28,30)(H2,22,24,25,26,29). The number of halogens is 3. The van der Waals surface area contributed by atoms with Crippen LogP contribution in [0.25, 0.3) is 11.0 Å². The van der Waals surface area contributed by atoms with Crippen LogP contribution in [0.15, 0.2) is 43.0 Å². The van der Waals surface area contributed by atoms with Crippen molar-refractivity contribution < 1.29 is 18.0 Å². The second-order valence-electron chi connectivity index (χ2n) is 6.32. The van der Waals surface area contributed by atoms with E-state index in [1.54, 1.807) is 12.4 Å². The molecule has 0 saturated heterocycles. The van der Waals surface area contributed by atoms with Crippen molar-refractivity contribution in [2.24, 2.45) is 0 Å². The minimum Gasteiger partial charge on any atom is -0.369 e. The molecule has 4 rings (SSSR count). The number of nitrogens with zero attached hydrogens (tertiary/aromatic N) is 4. The van der Waals surface area contributed by atoms with Crippen molar-refractivity contribution in [3.05, 3.63) is 53.4 Å². The summed E-state index contributed by atoms with van der Waals surface area (Å²) in [5.74, 6) is 0.655. The van der Waals surface area contributed by atoms with Gasteiger partial charge in [-0.2, -0.15) is 18.3 Å². The van der Waals surface area contributed by atoms with E-state index in [4.69, 9.17) is 0 Å². The Hall–Kier alpha value is -3.74. The molecule has 31 heavy (non-hydrogen) atoms. The summed E-state index contributed by atoms with van der Waals surface area (Å²) < 4.78 is 38.3. The van der Waals surface area contributed by atoms with Crippen LogP contribution in [-0.4, -0.2) is 37.7 Å². The van der Waals surface area contributed by atoms with Gasteiger partial charge < -0.3 is 10.6 Å². The average Bonchev–Trinajstić information content (AvgIpc) is 3.37. The molecule has 0 fully saturated rings. The minimum atomic E-state index is -4.48. The largest absolute Gasteiger partial charge is 0.416 e. The second-order valence-corrected chi connectivity index (χ2v) is 7.44. The molecule has 1 aromatic carbocycles. The first kappa shape index (κ1) is 20.5. The third-order valence-corrected chi connectivity index (χ3v) is 5.11. The van der Waals surface area contributed by atoms with E-state index in [1.807, 2.05) is 0 Å². The van der Waals surface area contributed by atoms with Crippen molar-refractivity contribution in [3.8, 4) is 0 Å². The second kappa shape index (κ2) is 8.55. The van der Waals surface area contributed by atoms with Crippen molar-refractivity contribution >= 4 is 45.0 Å². The zero-order chi connectivity index (χ0) is 21.8. The van der Waals surface area contributed by atoms with E-state index >= 15 is 0 Å². The third-order valence-electron chi connectivity index (χ3n) is 4.13. The van der Waals surface area contributed by atoms with Gasteiger partial charge in [-0.15, -0.1) is 11.3 Å². The Labute approximate surface area is 177 Å². The average molecular weight is 448 g/mol. The first-order valence-electron chi connectivity index (χ1n) is 8.96. The SMILES string of the molecule is O=C(Nc1cccc(C(F)(F)F)c1)Nc1ncc(CCNc2ncnc3[nH]ncc23)s1. The molecule has 0 atom stereocenters. The van der Waals surface area contributed by atoms with Crippen molar-refractivity contribution in [1.82, 2.24) is 25.1 Å². The van der Waals surface area contributed by atoms with Crippen LogP contribution < -0.4 is 16.0 Å². The number of aromatic nitrogens is 5. The predicted octanol–water partition coefficient (Wildman–Crippen LogP) is 4.13. The van der Waals surface area contributed by atoms with Crippen molar-refractivity contribution in [1.29, 1.82) is 0 Å². The van der Waals surface area contributed by atoms with Gasteiger partial charge in [0.05, 0.1) is 17.1 Å². The lowest BCUT2D eigenvalue weighted by atomic mass is 10.2. The Morgan fingerprint density at radius 3 is 2.84 bits per heavy atom. The lowest BCUT2D eigenvalue weighted by molar-refractivity contribution is -0.137. The number of carbonyl (C=O) groups excluding carboxylic acids is 1. The van der Waals surface area contributed by atoms with Crippen LogP contribution in [0.1, 0.15) is 10.4 Å². The normalized spacial score (nSPS) is 11.5. The fourth-order valence-corrected chi connectivity index (χ4v) is 3.53. The summed E-state index contributed by atoms with van der Waals surface area (Å²) in [5.41, 5.74) is -0.178. The number of nitrogens with one attached hydrogen (secondary N) is 4. The molecule has 0 spiro atoms. The van der Waals surface area contributed by atoms with Crippen LogP contribution >= 0.6 is 11.3 Å². The number of alkyl halides is 3. The zero-order valence-electron chi connectivity index (χ0n) is 15.7. The van der Waals surface area contributed by atoms with Gasteiger partial charge in [-0.05, 0) is 18.2 Å². The van der Waals surface area contributed by atoms with E-state index < -0.39 is 17.8 Å². The quantitative estimate of drug-likeness (QED) is 0.352. The summed E-state index contributed by atoms with van der Waals surface area (Å²) in [4.78, 5) is 25.4. The molecular weight excluding hydrogens is 433 g/mol. The maximum absolute atomic E-state index is 12.8. The molecule has 0 radical (unpaired) electrons. The van der Waals surface area contributed by atoms with Gasteiger partial charge in [-0.3, -0.25) is 10.4 Å². The van der Waals surface area contributed by atoms with Crippen LogP contribution in [0, 0.1) is 0 Å². The number of aromatic amines is 1. The van der Waals surface area contributed by atoms with Crippen molar-refractivity contribution in [2.75, 3.05) is 22.5 Å². The first-order chi connectivity index (χ1) is 14.9. The van der Waals surface area contributed by atoms with Gasteiger partial charge in [-0.25, -0.2) is 19.7 Å². The number of amides is 2. The zero-order valence-corrected chi connectivity index (χ0v) is 16.5. The lowest BCUT2D eigenvalue weighted by Gasteiger charge is -2.09. The molecule has 13 heteroatoms. The number of benzene rings is 1. The Balaban J connectivity index is 1.30. The summed E-state index contributed by atoms with van der Waals surface area (Å²) in [6.07, 6.45) is 0.829. The molecular formula is C18H15F3N8OS. The highest BCUT2D eigenvalue weighted by Gasteiger charge is 2.30. The maximum Gasteiger partial charge on any atom is 0.416 e. The molecule has 2 amide bonds. The van der Waals surface area contributed by atoms with Gasteiger partial charge in [0.1, 0.15) is 12.1 Å².